The second-order valence-corrected chi connectivity index (χ2v) is 8.95. The van der Waals surface area contributed by atoms with Gasteiger partial charge in [-0.2, -0.15) is 5.10 Å². The molecule has 0 fully saturated rings. The zero-order valence-electron chi connectivity index (χ0n) is 20.3. The van der Waals surface area contributed by atoms with Crippen molar-refractivity contribution in [1.82, 2.24) is 14.3 Å². The van der Waals surface area contributed by atoms with E-state index in [0.29, 0.717) is 10.6 Å². The molecule has 2 aromatic heterocycles. The van der Waals surface area contributed by atoms with E-state index in [1.165, 1.54) is 11.3 Å². The van der Waals surface area contributed by atoms with Gasteiger partial charge >= 0.3 is 0 Å². The number of anilines is 1. The second-order valence-electron chi connectivity index (χ2n) is 8.09. The molecular formula is C28H26N6OS. The third kappa shape index (κ3) is 4.85. The minimum Gasteiger partial charge on any atom is -0.497 e. The first kappa shape index (κ1) is 23.3. The van der Waals surface area contributed by atoms with Crippen molar-refractivity contribution in [2.24, 2.45) is 17.1 Å². The van der Waals surface area contributed by atoms with Gasteiger partial charge in [0.2, 0.25) is 5.13 Å². The van der Waals surface area contributed by atoms with E-state index in [1.54, 1.807) is 7.11 Å². The maximum atomic E-state index is 5.35. The summed E-state index contributed by atoms with van der Waals surface area (Å²) in [6.45, 7) is 2.04. The van der Waals surface area contributed by atoms with Crippen LogP contribution >= 0.6 is 11.3 Å². The van der Waals surface area contributed by atoms with Crippen LogP contribution in [0.4, 0.5) is 10.8 Å². The van der Waals surface area contributed by atoms with Crippen LogP contribution in [-0.4, -0.2) is 27.7 Å². The smallest absolute Gasteiger partial charge is 0.203 e. The zero-order valence-corrected chi connectivity index (χ0v) is 21.1. The predicted molar refractivity (Wildman–Crippen MR) is 146 cm³/mol. The lowest BCUT2D eigenvalue weighted by molar-refractivity contribution is 0.415. The monoisotopic (exact) mass is 494 g/mol. The highest BCUT2D eigenvalue weighted by Crippen LogP contribution is 2.27. The Labute approximate surface area is 213 Å². The average Bonchev–Trinajstić information content (AvgIpc) is 3.50. The highest BCUT2D eigenvalue weighted by molar-refractivity contribution is 7.14. The minimum absolute atomic E-state index is 0.687. The molecule has 0 aliphatic rings. The lowest BCUT2D eigenvalue weighted by atomic mass is 10.2. The normalized spacial score (nSPS) is 11.8. The maximum Gasteiger partial charge on any atom is 0.203 e. The van der Waals surface area contributed by atoms with Crippen molar-refractivity contribution in [2.75, 3.05) is 12.5 Å². The van der Waals surface area contributed by atoms with E-state index in [2.05, 4.69) is 10.1 Å². The Balaban J connectivity index is 1.56. The standard InChI is InChI=1S/C28H26N6OS/c1-20-26(29-18-21-11-6-4-7-12-21)27(34(33(20)2)23-14-8-5-9-15-23)31-32-28-30-25(19-36-28)22-13-10-16-24(17-22)35-3/h4-19H,1-3H3,(H,30,32)/b29-18?,31-27+. The molecule has 0 unspecified atom stereocenters. The Bertz CT molecular complexity index is 1560. The van der Waals surface area contributed by atoms with Crippen LogP contribution in [-0.2, 0) is 7.05 Å². The van der Waals surface area contributed by atoms with Gasteiger partial charge in [0.25, 0.3) is 0 Å². The fourth-order valence-corrected chi connectivity index (χ4v) is 4.50. The number of aromatic nitrogens is 3. The SMILES string of the molecule is COc1cccc(-c2csc(N/N=c3\c(N=Cc4ccccc4)c(C)n(C)n3-c3ccccc3)n2)c1. The number of nitrogens with one attached hydrogen (secondary N) is 1. The number of hydrogen-bond acceptors (Lipinski definition) is 6. The van der Waals surface area contributed by atoms with Gasteiger partial charge in [-0.3, -0.25) is 15.1 Å². The summed E-state index contributed by atoms with van der Waals surface area (Å²) in [6.07, 6.45) is 1.86. The number of rotatable bonds is 7. The van der Waals surface area contributed by atoms with Gasteiger partial charge < -0.3 is 4.74 Å². The largest absolute Gasteiger partial charge is 0.497 e. The lowest BCUT2D eigenvalue weighted by Gasteiger charge is -2.09. The Kier molecular flexibility index (Phi) is 6.77. The van der Waals surface area contributed by atoms with Crippen LogP contribution in [0.2, 0.25) is 0 Å². The molecule has 3 aromatic carbocycles. The van der Waals surface area contributed by atoms with E-state index in [-0.39, 0.29) is 0 Å². The molecule has 0 aliphatic heterocycles. The molecule has 0 atom stereocenters. The van der Waals surface area contributed by atoms with E-state index >= 15 is 0 Å². The molecule has 0 spiro atoms. The number of aliphatic imine (C=N–C) groups is 1. The van der Waals surface area contributed by atoms with Crippen LogP contribution in [0.1, 0.15) is 11.3 Å². The third-order valence-electron chi connectivity index (χ3n) is 5.81. The summed E-state index contributed by atoms with van der Waals surface area (Å²) in [4.78, 5) is 9.57. The number of thiazole rings is 1. The summed E-state index contributed by atoms with van der Waals surface area (Å²) in [5.74, 6) is 0.796. The summed E-state index contributed by atoms with van der Waals surface area (Å²) in [5, 5.41) is 7.48. The molecule has 2 heterocycles. The second kappa shape index (κ2) is 10.5. The van der Waals surface area contributed by atoms with E-state index in [4.69, 9.17) is 19.8 Å². The molecule has 5 rings (SSSR count). The Morgan fingerprint density at radius 2 is 1.72 bits per heavy atom. The van der Waals surface area contributed by atoms with Crippen molar-refractivity contribution in [3.8, 4) is 22.7 Å². The molecule has 5 aromatic rings. The summed E-state index contributed by atoms with van der Waals surface area (Å²) in [5.41, 5.74) is 9.47. The van der Waals surface area contributed by atoms with Crippen molar-refractivity contribution >= 4 is 28.4 Å². The van der Waals surface area contributed by atoms with Crippen LogP contribution in [0.15, 0.2) is 100 Å². The van der Waals surface area contributed by atoms with E-state index in [9.17, 15) is 0 Å². The molecule has 0 bridgehead atoms. The van der Waals surface area contributed by atoms with Crippen molar-refractivity contribution in [3.63, 3.8) is 0 Å². The maximum absolute atomic E-state index is 5.35. The van der Waals surface area contributed by atoms with Crippen LogP contribution in [0, 0.1) is 6.92 Å². The van der Waals surface area contributed by atoms with Gasteiger partial charge in [-0.15, -0.1) is 11.3 Å². The summed E-state index contributed by atoms with van der Waals surface area (Å²) in [7, 11) is 3.67. The molecule has 8 heteroatoms. The zero-order chi connectivity index (χ0) is 24.9. The van der Waals surface area contributed by atoms with Crippen LogP contribution in [0.25, 0.3) is 16.9 Å². The van der Waals surface area contributed by atoms with Gasteiger partial charge in [0.05, 0.1) is 24.2 Å². The number of nitrogens with zero attached hydrogens (tertiary/aromatic N) is 5. The van der Waals surface area contributed by atoms with Crippen molar-refractivity contribution in [2.45, 2.75) is 6.92 Å². The molecular weight excluding hydrogens is 468 g/mol. The van der Waals surface area contributed by atoms with E-state index in [1.807, 2.05) is 115 Å². The first-order valence-corrected chi connectivity index (χ1v) is 12.3. The topological polar surface area (TPSA) is 68.7 Å². The van der Waals surface area contributed by atoms with Gasteiger partial charge in [0.1, 0.15) is 11.4 Å². The van der Waals surface area contributed by atoms with Gasteiger partial charge in [-0.05, 0) is 36.8 Å². The molecule has 0 saturated carbocycles. The number of benzene rings is 3. The number of methoxy groups -OCH3 is 1. The predicted octanol–water partition coefficient (Wildman–Crippen LogP) is 5.93. The fraction of sp³-hybridized carbons (Fsp3) is 0.107. The van der Waals surface area contributed by atoms with Crippen molar-refractivity contribution in [3.05, 3.63) is 107 Å². The van der Waals surface area contributed by atoms with Gasteiger partial charge in [-0.25, -0.2) is 9.67 Å². The van der Waals surface area contributed by atoms with Crippen LogP contribution < -0.4 is 15.7 Å². The average molecular weight is 495 g/mol. The van der Waals surface area contributed by atoms with Crippen LogP contribution in [0.3, 0.4) is 0 Å². The van der Waals surface area contributed by atoms with Gasteiger partial charge in [-0.1, -0.05) is 60.7 Å². The Morgan fingerprint density at radius 3 is 2.47 bits per heavy atom. The minimum atomic E-state index is 0.687. The first-order valence-electron chi connectivity index (χ1n) is 11.5. The van der Waals surface area contributed by atoms with Crippen molar-refractivity contribution in [1.29, 1.82) is 0 Å². The fourth-order valence-electron chi connectivity index (χ4n) is 3.84. The van der Waals surface area contributed by atoms with Crippen LogP contribution in [0.5, 0.6) is 5.75 Å². The molecule has 0 aliphatic carbocycles. The lowest BCUT2D eigenvalue weighted by Crippen LogP contribution is -2.22. The molecule has 1 N–H and O–H groups in total. The van der Waals surface area contributed by atoms with Gasteiger partial charge in [0, 0.05) is 24.2 Å². The molecule has 0 saturated heterocycles. The summed E-state index contributed by atoms with van der Waals surface area (Å²) >= 11 is 1.49. The summed E-state index contributed by atoms with van der Waals surface area (Å²) < 4.78 is 9.44. The summed E-state index contributed by atoms with van der Waals surface area (Å²) in [6, 6.07) is 28.0. The molecule has 36 heavy (non-hydrogen) atoms. The third-order valence-corrected chi connectivity index (χ3v) is 6.56. The molecule has 180 valence electrons. The number of ether oxygens (including phenoxy) is 1. The Morgan fingerprint density at radius 1 is 0.972 bits per heavy atom. The number of hydrogen-bond donors (Lipinski definition) is 1. The van der Waals surface area contributed by atoms with E-state index in [0.717, 1.165) is 39.6 Å². The van der Waals surface area contributed by atoms with Crippen molar-refractivity contribution < 1.29 is 4.74 Å². The molecule has 0 radical (unpaired) electrons. The number of para-hydroxylation sites is 1. The highest BCUT2D eigenvalue weighted by Gasteiger charge is 2.14. The Hall–Kier alpha value is -4.43. The quantitative estimate of drug-likeness (QED) is 0.225. The van der Waals surface area contributed by atoms with Gasteiger partial charge in [0.15, 0.2) is 5.49 Å². The van der Waals surface area contributed by atoms with E-state index < -0.39 is 0 Å². The first-order chi connectivity index (χ1) is 17.6. The molecule has 0 amide bonds. The molecule has 7 nitrogen and oxygen atoms in total. The highest BCUT2D eigenvalue weighted by atomic mass is 32.1.